The van der Waals surface area contributed by atoms with Gasteiger partial charge in [0.25, 0.3) is 5.91 Å². The molecule has 0 bridgehead atoms. The maximum atomic E-state index is 13.7. The van der Waals surface area contributed by atoms with Crippen LogP contribution in [0.3, 0.4) is 0 Å². The molecule has 0 radical (unpaired) electrons. The predicted octanol–water partition coefficient (Wildman–Crippen LogP) is 0.987. The van der Waals surface area contributed by atoms with E-state index in [1.807, 2.05) is 0 Å². The summed E-state index contributed by atoms with van der Waals surface area (Å²) in [5.41, 5.74) is -2.25. The van der Waals surface area contributed by atoms with Gasteiger partial charge in [0, 0.05) is 12.3 Å². The maximum Gasteiger partial charge on any atom is 0.459 e. The third-order valence-electron chi connectivity index (χ3n) is 5.37. The number of para-hydroxylation sites is 1. The number of benzene rings is 1. The molecule has 1 unspecified atom stereocenters. The number of hydrogen-bond acceptors (Lipinski definition) is 10. The fourth-order valence-corrected chi connectivity index (χ4v) is 5.05. The second kappa shape index (κ2) is 11.5. The maximum absolute atomic E-state index is 13.7. The normalized spacial score (nSPS) is 27.8. The summed E-state index contributed by atoms with van der Waals surface area (Å²) >= 11 is 0. The Balaban J connectivity index is 1.80. The van der Waals surface area contributed by atoms with Crippen LogP contribution >= 0.6 is 7.75 Å². The van der Waals surface area contributed by atoms with E-state index in [4.69, 9.17) is 24.9 Å². The van der Waals surface area contributed by atoms with E-state index in [1.165, 1.54) is 30.2 Å². The van der Waals surface area contributed by atoms with Gasteiger partial charge in [-0.15, -0.1) is 6.42 Å². The van der Waals surface area contributed by atoms with Crippen molar-refractivity contribution in [2.45, 2.75) is 57.0 Å². The lowest BCUT2D eigenvalue weighted by molar-refractivity contribution is -0.149. The highest BCUT2D eigenvalue weighted by atomic mass is 31.2. The SMILES string of the molecule is C#C[C@@]1(O)[C@H](O)[C@@H](COP(=O)(N[C@@H](C)C(=O)OC(C)C)Oc2ccccc2)O[C@H]1N1C=CC(=O)NC1=C. The lowest BCUT2D eigenvalue weighted by atomic mass is 9.94. The molecule has 1 aromatic carbocycles. The van der Waals surface area contributed by atoms with E-state index in [9.17, 15) is 24.4 Å². The Hall–Kier alpha value is -3.17. The fraction of sp³-hybridized carbons (Fsp3) is 0.417. The first-order valence-corrected chi connectivity index (χ1v) is 12.9. The van der Waals surface area contributed by atoms with Crippen molar-refractivity contribution in [1.82, 2.24) is 15.3 Å². The van der Waals surface area contributed by atoms with Crippen LogP contribution in [0.2, 0.25) is 0 Å². The fourth-order valence-electron chi connectivity index (χ4n) is 3.55. The van der Waals surface area contributed by atoms with Gasteiger partial charge < -0.3 is 34.4 Å². The summed E-state index contributed by atoms with van der Waals surface area (Å²) in [4.78, 5) is 25.1. The molecule has 0 aromatic heterocycles. The molecule has 0 spiro atoms. The molecule has 2 heterocycles. The Labute approximate surface area is 214 Å². The van der Waals surface area contributed by atoms with Crippen molar-refractivity contribution < 1.29 is 42.9 Å². The number of nitrogens with zero attached hydrogens (tertiary/aromatic N) is 1. The zero-order valence-corrected chi connectivity index (χ0v) is 21.5. The average Bonchev–Trinajstić information content (AvgIpc) is 3.08. The molecule has 1 saturated heterocycles. The summed E-state index contributed by atoms with van der Waals surface area (Å²) in [6, 6.07) is 7.00. The van der Waals surface area contributed by atoms with E-state index >= 15 is 0 Å². The molecule has 2 aliphatic heterocycles. The van der Waals surface area contributed by atoms with Crippen LogP contribution in [-0.4, -0.2) is 69.8 Å². The minimum Gasteiger partial charge on any atom is -0.462 e. The van der Waals surface area contributed by atoms with Crippen molar-refractivity contribution in [3.8, 4) is 18.1 Å². The van der Waals surface area contributed by atoms with Gasteiger partial charge in [0.2, 0.25) is 0 Å². The summed E-state index contributed by atoms with van der Waals surface area (Å²) in [6.45, 7) is 7.88. The number of carbonyl (C=O) groups is 2. The molecular weight excluding hydrogens is 505 g/mol. The van der Waals surface area contributed by atoms with Crippen LogP contribution in [0.5, 0.6) is 5.75 Å². The van der Waals surface area contributed by atoms with E-state index in [0.717, 1.165) is 6.08 Å². The molecule has 13 heteroatoms. The third kappa shape index (κ3) is 6.59. The summed E-state index contributed by atoms with van der Waals surface area (Å²) in [5, 5.41) is 26.8. The molecule has 2 aliphatic rings. The second-order valence-corrected chi connectivity index (χ2v) is 10.3. The number of esters is 1. The standard InChI is InChI=1S/C24H30N3O9P/c1-6-24(31)21(29)19(35-23(24)27-13-12-20(28)25-17(27)5)14-33-37(32,36-18-10-8-7-9-11-18)26-16(4)22(30)34-15(2)3/h1,7-13,15-16,19,21,23,29,31H,5,14H2,2-4H3,(H,25,28)(H,26,32)/t16-,19+,21+,23+,24+,37?/m0/s1. The molecule has 0 aliphatic carbocycles. The molecule has 1 fully saturated rings. The zero-order chi connectivity index (χ0) is 27.4. The lowest BCUT2D eigenvalue weighted by Crippen LogP contribution is -2.54. The van der Waals surface area contributed by atoms with Crippen LogP contribution in [0.4, 0.5) is 0 Å². The number of hydrogen-bond donors (Lipinski definition) is 4. The third-order valence-corrected chi connectivity index (χ3v) is 7.01. The molecule has 0 saturated carbocycles. The van der Waals surface area contributed by atoms with Gasteiger partial charge in [-0.1, -0.05) is 30.7 Å². The Morgan fingerprint density at radius 1 is 1.38 bits per heavy atom. The minimum absolute atomic E-state index is 0.0529. The van der Waals surface area contributed by atoms with Gasteiger partial charge in [-0.2, -0.15) is 5.09 Å². The molecule has 12 nitrogen and oxygen atoms in total. The second-order valence-electron chi connectivity index (χ2n) is 8.63. The van der Waals surface area contributed by atoms with Crippen LogP contribution in [0.25, 0.3) is 0 Å². The van der Waals surface area contributed by atoms with Gasteiger partial charge in [-0.05, 0) is 32.9 Å². The van der Waals surface area contributed by atoms with Crippen LogP contribution < -0.4 is 14.9 Å². The van der Waals surface area contributed by atoms with Gasteiger partial charge in [-0.3, -0.25) is 14.1 Å². The monoisotopic (exact) mass is 535 g/mol. The first-order valence-electron chi connectivity index (χ1n) is 11.4. The van der Waals surface area contributed by atoms with Crippen molar-refractivity contribution in [3.63, 3.8) is 0 Å². The molecule has 1 aromatic rings. The smallest absolute Gasteiger partial charge is 0.459 e. The van der Waals surface area contributed by atoms with Gasteiger partial charge in [0.1, 0.15) is 29.8 Å². The molecular formula is C24H30N3O9P. The minimum atomic E-state index is -4.27. The van der Waals surface area contributed by atoms with Gasteiger partial charge in [-0.25, -0.2) is 4.57 Å². The van der Waals surface area contributed by atoms with Crippen LogP contribution in [0, 0.1) is 12.3 Å². The Morgan fingerprint density at radius 3 is 2.65 bits per heavy atom. The summed E-state index contributed by atoms with van der Waals surface area (Å²) < 4.78 is 35.7. The van der Waals surface area contributed by atoms with Gasteiger partial charge in [0.05, 0.1) is 12.7 Å². The van der Waals surface area contributed by atoms with Gasteiger partial charge in [0.15, 0.2) is 11.8 Å². The topological polar surface area (TPSA) is 156 Å². The van der Waals surface area contributed by atoms with E-state index in [0.29, 0.717) is 0 Å². The molecule has 37 heavy (non-hydrogen) atoms. The number of ether oxygens (including phenoxy) is 2. The zero-order valence-electron chi connectivity index (χ0n) is 20.6. The lowest BCUT2D eigenvalue weighted by Gasteiger charge is -2.36. The van der Waals surface area contributed by atoms with Crippen molar-refractivity contribution in [2.75, 3.05) is 6.61 Å². The van der Waals surface area contributed by atoms with Crippen LogP contribution in [0.15, 0.2) is 55.0 Å². The van der Waals surface area contributed by atoms with Crippen LogP contribution in [0.1, 0.15) is 20.8 Å². The molecule has 200 valence electrons. The molecule has 6 atom stereocenters. The number of rotatable bonds is 10. The van der Waals surface area contributed by atoms with E-state index in [2.05, 4.69) is 22.9 Å². The summed E-state index contributed by atoms with van der Waals surface area (Å²) in [6.07, 6.45) is 3.20. The number of carbonyl (C=O) groups excluding carboxylic acids is 2. The molecule has 4 N–H and O–H groups in total. The number of nitrogens with one attached hydrogen (secondary N) is 2. The Morgan fingerprint density at radius 2 is 2.05 bits per heavy atom. The Bertz CT molecular complexity index is 1140. The Kier molecular flexibility index (Phi) is 8.81. The largest absolute Gasteiger partial charge is 0.462 e. The molecule has 1 amide bonds. The highest BCUT2D eigenvalue weighted by Gasteiger charge is 2.57. The van der Waals surface area contributed by atoms with Crippen molar-refractivity contribution in [1.29, 1.82) is 0 Å². The van der Waals surface area contributed by atoms with E-state index in [-0.39, 0.29) is 11.6 Å². The number of aliphatic hydroxyl groups is 2. The van der Waals surface area contributed by atoms with Gasteiger partial charge >= 0.3 is 13.7 Å². The summed E-state index contributed by atoms with van der Waals surface area (Å²) in [7, 11) is -4.27. The van der Waals surface area contributed by atoms with E-state index < -0.39 is 62.4 Å². The molecule has 3 rings (SSSR count). The first-order chi connectivity index (χ1) is 17.4. The van der Waals surface area contributed by atoms with Crippen molar-refractivity contribution in [2.24, 2.45) is 0 Å². The van der Waals surface area contributed by atoms with Crippen molar-refractivity contribution in [3.05, 3.63) is 55.0 Å². The summed E-state index contributed by atoms with van der Waals surface area (Å²) in [5.74, 6) is 1.22. The van der Waals surface area contributed by atoms with Crippen molar-refractivity contribution >= 4 is 19.6 Å². The van der Waals surface area contributed by atoms with Crippen LogP contribution in [-0.2, 0) is 28.2 Å². The number of terminal acetylenes is 1. The quantitative estimate of drug-likeness (QED) is 0.192. The number of amides is 1. The first kappa shape index (κ1) is 28.4. The number of aliphatic hydroxyl groups excluding tert-OH is 1. The predicted molar refractivity (Wildman–Crippen MR) is 131 cm³/mol. The highest BCUT2D eigenvalue weighted by molar-refractivity contribution is 7.52. The highest BCUT2D eigenvalue weighted by Crippen LogP contribution is 2.46. The average molecular weight is 535 g/mol. The van der Waals surface area contributed by atoms with E-state index in [1.54, 1.807) is 32.0 Å².